The third-order valence-corrected chi connectivity index (χ3v) is 5.76. The standard InChI is InChI=1S/C9H16Cl3N2O3P/c10-2-5-13(6-3-11)18(16)14(9(15)8-12)4-1-7-17-18/h1-8H2. The van der Waals surface area contributed by atoms with Gasteiger partial charge in [0, 0.05) is 31.4 Å². The van der Waals surface area contributed by atoms with Gasteiger partial charge in [0.2, 0.25) is 5.91 Å². The zero-order valence-electron chi connectivity index (χ0n) is 9.86. The van der Waals surface area contributed by atoms with E-state index < -0.39 is 13.6 Å². The Balaban J connectivity index is 2.94. The molecule has 1 heterocycles. The molecule has 0 bridgehead atoms. The molecule has 1 amide bonds. The topological polar surface area (TPSA) is 49.9 Å². The van der Waals surface area contributed by atoms with Gasteiger partial charge in [0.25, 0.3) is 0 Å². The molecule has 0 aromatic carbocycles. The van der Waals surface area contributed by atoms with Crippen molar-refractivity contribution >= 4 is 48.4 Å². The van der Waals surface area contributed by atoms with Gasteiger partial charge in [0.15, 0.2) is 0 Å². The Hall–Kier alpha value is 0.490. The molecule has 9 heteroatoms. The van der Waals surface area contributed by atoms with Crippen molar-refractivity contribution in [1.82, 2.24) is 9.34 Å². The molecule has 18 heavy (non-hydrogen) atoms. The Labute approximate surface area is 122 Å². The number of hydrogen-bond donors (Lipinski definition) is 0. The Morgan fingerprint density at radius 2 is 1.89 bits per heavy atom. The molecular weight excluding hydrogens is 321 g/mol. The molecule has 0 spiro atoms. The zero-order valence-corrected chi connectivity index (χ0v) is 13.0. The summed E-state index contributed by atoms with van der Waals surface area (Å²) in [6.07, 6.45) is 0.641. The van der Waals surface area contributed by atoms with E-state index in [2.05, 4.69) is 0 Å². The highest BCUT2D eigenvalue weighted by Gasteiger charge is 2.43. The first-order chi connectivity index (χ1) is 8.60. The van der Waals surface area contributed by atoms with Crippen LogP contribution in [0.3, 0.4) is 0 Å². The Morgan fingerprint density at radius 1 is 1.28 bits per heavy atom. The molecule has 1 aliphatic heterocycles. The van der Waals surface area contributed by atoms with Crippen LogP contribution in [0.5, 0.6) is 0 Å². The fourth-order valence-electron chi connectivity index (χ4n) is 1.72. The van der Waals surface area contributed by atoms with E-state index in [-0.39, 0.29) is 17.6 Å². The van der Waals surface area contributed by atoms with Crippen LogP contribution in [0, 0.1) is 0 Å². The van der Waals surface area contributed by atoms with Crippen LogP contribution in [0.25, 0.3) is 0 Å². The van der Waals surface area contributed by atoms with Gasteiger partial charge in [-0.15, -0.1) is 34.8 Å². The summed E-state index contributed by atoms with van der Waals surface area (Å²) >= 11 is 16.9. The Morgan fingerprint density at radius 3 is 2.39 bits per heavy atom. The fourth-order valence-corrected chi connectivity index (χ4v) is 5.02. The maximum absolute atomic E-state index is 12.9. The van der Waals surface area contributed by atoms with Gasteiger partial charge in [0.1, 0.15) is 5.88 Å². The lowest BCUT2D eigenvalue weighted by molar-refractivity contribution is -0.125. The SMILES string of the molecule is O=C(CCl)N1CCCOP1(=O)N(CCCl)CCCl. The summed E-state index contributed by atoms with van der Waals surface area (Å²) in [5.41, 5.74) is 0. The summed E-state index contributed by atoms with van der Waals surface area (Å²) in [4.78, 5) is 11.7. The maximum Gasteiger partial charge on any atom is 0.373 e. The molecule has 0 N–H and O–H groups in total. The minimum absolute atomic E-state index is 0.219. The number of alkyl halides is 3. The number of nitrogens with zero attached hydrogens (tertiary/aromatic N) is 2. The lowest BCUT2D eigenvalue weighted by Crippen LogP contribution is -2.42. The summed E-state index contributed by atoms with van der Waals surface area (Å²) < 4.78 is 21.0. The molecule has 1 atom stereocenters. The van der Waals surface area contributed by atoms with Crippen LogP contribution >= 0.6 is 42.5 Å². The van der Waals surface area contributed by atoms with Crippen LogP contribution in [0.4, 0.5) is 0 Å². The van der Waals surface area contributed by atoms with Crippen LogP contribution in [-0.4, -0.2) is 59.1 Å². The molecular formula is C9H16Cl3N2O3P. The average molecular weight is 338 g/mol. The second-order valence-electron chi connectivity index (χ2n) is 3.66. The lowest BCUT2D eigenvalue weighted by atomic mass is 10.4. The molecule has 1 saturated heterocycles. The number of hydrogen-bond acceptors (Lipinski definition) is 3. The van der Waals surface area contributed by atoms with E-state index in [4.69, 9.17) is 39.3 Å². The molecule has 5 nitrogen and oxygen atoms in total. The van der Waals surface area contributed by atoms with Crippen molar-refractivity contribution in [3.63, 3.8) is 0 Å². The molecule has 1 rings (SSSR count). The van der Waals surface area contributed by atoms with E-state index in [0.717, 1.165) is 0 Å². The van der Waals surface area contributed by atoms with Crippen LogP contribution < -0.4 is 0 Å². The predicted molar refractivity (Wildman–Crippen MR) is 73.6 cm³/mol. The van der Waals surface area contributed by atoms with E-state index in [9.17, 15) is 9.36 Å². The van der Waals surface area contributed by atoms with Crippen molar-refractivity contribution in [2.75, 3.05) is 43.9 Å². The van der Waals surface area contributed by atoms with E-state index >= 15 is 0 Å². The van der Waals surface area contributed by atoms with Gasteiger partial charge in [-0.25, -0.2) is 9.24 Å². The summed E-state index contributed by atoms with van der Waals surface area (Å²) in [6, 6.07) is 0. The van der Waals surface area contributed by atoms with Gasteiger partial charge in [-0.2, -0.15) is 0 Å². The second kappa shape index (κ2) is 7.93. The first kappa shape index (κ1) is 16.5. The van der Waals surface area contributed by atoms with Crippen molar-refractivity contribution in [1.29, 1.82) is 0 Å². The van der Waals surface area contributed by atoms with Crippen molar-refractivity contribution < 1.29 is 13.9 Å². The van der Waals surface area contributed by atoms with Crippen LogP contribution in [0.15, 0.2) is 0 Å². The number of halogens is 3. The largest absolute Gasteiger partial charge is 0.373 e. The first-order valence-corrected chi connectivity index (χ1v) is 8.72. The highest BCUT2D eigenvalue weighted by molar-refractivity contribution is 7.54. The summed E-state index contributed by atoms with van der Waals surface area (Å²) in [5.74, 6) is -0.0442. The smallest absolute Gasteiger partial charge is 0.302 e. The number of amides is 1. The monoisotopic (exact) mass is 336 g/mol. The molecule has 1 fully saturated rings. The van der Waals surface area contributed by atoms with Crippen molar-refractivity contribution in [2.45, 2.75) is 6.42 Å². The summed E-state index contributed by atoms with van der Waals surface area (Å²) in [6.45, 7) is 1.42. The van der Waals surface area contributed by atoms with Gasteiger partial charge < -0.3 is 4.52 Å². The third kappa shape index (κ3) is 3.75. The molecule has 0 saturated carbocycles. The average Bonchev–Trinajstić information content (AvgIpc) is 2.38. The van der Waals surface area contributed by atoms with E-state index in [0.29, 0.717) is 32.7 Å². The minimum atomic E-state index is -3.38. The molecule has 1 unspecified atom stereocenters. The molecule has 0 aromatic rings. The van der Waals surface area contributed by atoms with Gasteiger partial charge in [-0.1, -0.05) is 0 Å². The van der Waals surface area contributed by atoms with Gasteiger partial charge in [-0.3, -0.25) is 9.46 Å². The van der Waals surface area contributed by atoms with Crippen LogP contribution in [0.1, 0.15) is 6.42 Å². The van der Waals surface area contributed by atoms with E-state index in [1.165, 1.54) is 9.34 Å². The second-order valence-corrected chi connectivity index (χ2v) is 6.97. The fraction of sp³-hybridized carbons (Fsp3) is 0.889. The Bertz CT molecular complexity index is 326. The van der Waals surface area contributed by atoms with Crippen LogP contribution in [0.2, 0.25) is 0 Å². The molecule has 106 valence electrons. The summed E-state index contributed by atoms with van der Waals surface area (Å²) in [7, 11) is -3.38. The summed E-state index contributed by atoms with van der Waals surface area (Å²) in [5, 5.41) is 0. The quantitative estimate of drug-likeness (QED) is 0.551. The van der Waals surface area contributed by atoms with Gasteiger partial charge >= 0.3 is 7.67 Å². The normalized spacial score (nSPS) is 24.6. The number of carbonyl (C=O) groups is 1. The van der Waals surface area contributed by atoms with Gasteiger partial charge in [0.05, 0.1) is 6.61 Å². The van der Waals surface area contributed by atoms with Crippen molar-refractivity contribution in [3.05, 3.63) is 0 Å². The maximum atomic E-state index is 12.9. The number of carbonyl (C=O) groups excluding carboxylic acids is 1. The minimum Gasteiger partial charge on any atom is -0.302 e. The molecule has 0 radical (unpaired) electrons. The molecule has 0 aromatic heterocycles. The first-order valence-electron chi connectivity index (χ1n) is 5.59. The predicted octanol–water partition coefficient (Wildman–Crippen LogP) is 2.36. The van der Waals surface area contributed by atoms with Crippen molar-refractivity contribution in [3.8, 4) is 0 Å². The Kier molecular flexibility index (Phi) is 7.29. The van der Waals surface area contributed by atoms with Crippen molar-refractivity contribution in [2.24, 2.45) is 0 Å². The third-order valence-electron chi connectivity index (χ3n) is 2.52. The zero-order chi connectivity index (χ0) is 13.6. The highest BCUT2D eigenvalue weighted by Crippen LogP contribution is 2.56. The van der Waals surface area contributed by atoms with Gasteiger partial charge in [-0.05, 0) is 6.42 Å². The molecule has 1 aliphatic rings. The van der Waals surface area contributed by atoms with E-state index in [1.54, 1.807) is 0 Å². The van der Waals surface area contributed by atoms with Crippen LogP contribution in [-0.2, 0) is 13.9 Å². The van der Waals surface area contributed by atoms with E-state index in [1.807, 2.05) is 0 Å². The number of rotatable bonds is 6. The molecule has 0 aliphatic carbocycles. The highest BCUT2D eigenvalue weighted by atomic mass is 35.5. The lowest BCUT2D eigenvalue weighted by Gasteiger charge is -2.40.